The number of hydrogen-bond acceptors (Lipinski definition) is 7. The maximum Gasteiger partial charge on any atom is 0.338 e. The topological polar surface area (TPSA) is 109 Å². The fourth-order valence-corrected chi connectivity index (χ4v) is 1.89. The molecular formula is C17H20N2O5. The Balaban J connectivity index is 2.81. The van der Waals surface area contributed by atoms with E-state index in [1.165, 1.54) is 19.1 Å². The van der Waals surface area contributed by atoms with Crippen molar-refractivity contribution >= 4 is 17.5 Å². The molecule has 0 heterocycles. The molecular weight excluding hydrogens is 312 g/mol. The molecule has 1 rings (SSSR count). The second kappa shape index (κ2) is 9.30. The molecule has 0 fully saturated rings. The molecule has 7 nitrogen and oxygen atoms in total. The molecule has 128 valence electrons. The van der Waals surface area contributed by atoms with Crippen molar-refractivity contribution in [1.29, 1.82) is 10.7 Å². The summed E-state index contributed by atoms with van der Waals surface area (Å²) in [6, 6.07) is 6.28. The number of Topliss-reactive ketones (excluding diaryl/α,β-unsaturated/α-hetero) is 1. The average molecular weight is 332 g/mol. The number of carbonyl (C=O) groups excluding carboxylic acids is 2. The quantitative estimate of drug-likeness (QED) is 0.549. The third-order valence-corrected chi connectivity index (χ3v) is 3.01. The molecule has 0 aliphatic rings. The predicted molar refractivity (Wildman–Crippen MR) is 86.6 cm³/mol. The zero-order valence-electron chi connectivity index (χ0n) is 13.9. The Kier molecular flexibility index (Phi) is 7.43. The molecule has 1 aromatic carbocycles. The molecule has 0 bridgehead atoms. The van der Waals surface area contributed by atoms with Crippen molar-refractivity contribution in [2.24, 2.45) is 5.92 Å². The van der Waals surface area contributed by atoms with E-state index < -0.39 is 24.3 Å². The van der Waals surface area contributed by atoms with Crippen LogP contribution < -0.4 is 9.47 Å². The maximum atomic E-state index is 12.0. The molecule has 0 saturated carbocycles. The monoisotopic (exact) mass is 332 g/mol. The second-order valence-electron chi connectivity index (χ2n) is 4.82. The number of nitriles is 1. The summed E-state index contributed by atoms with van der Waals surface area (Å²) < 4.78 is 15.7. The summed E-state index contributed by atoms with van der Waals surface area (Å²) in [5, 5.41) is 16.2. The third kappa shape index (κ3) is 5.09. The standard InChI is InChI=1S/C17H20N2O5/c1-4-22-15-7-6-12(8-16(15)23-5-2)17(21)24-10-14(20)13(9-18)11(3)19/h6-8,13,19H,4-5,10H2,1-3H3/t13-/m0/s1. The van der Waals surface area contributed by atoms with Gasteiger partial charge >= 0.3 is 5.97 Å². The smallest absolute Gasteiger partial charge is 0.338 e. The van der Waals surface area contributed by atoms with Gasteiger partial charge in [0.1, 0.15) is 5.92 Å². The van der Waals surface area contributed by atoms with Crippen LogP contribution in [-0.2, 0) is 9.53 Å². The van der Waals surface area contributed by atoms with Gasteiger partial charge in [0.15, 0.2) is 23.9 Å². The highest BCUT2D eigenvalue weighted by Crippen LogP contribution is 2.28. The van der Waals surface area contributed by atoms with Crippen LogP contribution >= 0.6 is 0 Å². The van der Waals surface area contributed by atoms with Gasteiger partial charge in [-0.25, -0.2) is 4.79 Å². The molecule has 0 spiro atoms. The van der Waals surface area contributed by atoms with E-state index in [1.807, 2.05) is 6.92 Å². The van der Waals surface area contributed by atoms with E-state index >= 15 is 0 Å². The second-order valence-corrected chi connectivity index (χ2v) is 4.82. The number of nitrogens with zero attached hydrogens (tertiary/aromatic N) is 1. The number of nitrogens with one attached hydrogen (secondary N) is 1. The lowest BCUT2D eigenvalue weighted by molar-refractivity contribution is -0.122. The summed E-state index contributed by atoms with van der Waals surface area (Å²) in [6.45, 7) is 5.29. The van der Waals surface area contributed by atoms with Gasteiger partial charge in [-0.3, -0.25) is 4.79 Å². The van der Waals surface area contributed by atoms with Crippen LogP contribution in [0.3, 0.4) is 0 Å². The Labute approximate surface area is 140 Å². The first kappa shape index (κ1) is 19.2. The zero-order valence-corrected chi connectivity index (χ0v) is 13.9. The lowest BCUT2D eigenvalue weighted by atomic mass is 10.0. The molecule has 0 aromatic heterocycles. The van der Waals surface area contributed by atoms with Gasteiger partial charge in [0.25, 0.3) is 0 Å². The summed E-state index contributed by atoms with van der Waals surface area (Å²) in [7, 11) is 0. The minimum absolute atomic E-state index is 0.0850. The van der Waals surface area contributed by atoms with E-state index in [0.717, 1.165) is 0 Å². The van der Waals surface area contributed by atoms with Gasteiger partial charge in [0.05, 0.1) is 24.8 Å². The van der Waals surface area contributed by atoms with Gasteiger partial charge in [-0.05, 0) is 39.0 Å². The molecule has 24 heavy (non-hydrogen) atoms. The van der Waals surface area contributed by atoms with Crippen molar-refractivity contribution in [3.8, 4) is 17.6 Å². The molecule has 0 saturated heterocycles. The van der Waals surface area contributed by atoms with Crippen LogP contribution in [0.1, 0.15) is 31.1 Å². The first-order valence-electron chi connectivity index (χ1n) is 7.48. The Hall–Kier alpha value is -2.88. The molecule has 0 aliphatic carbocycles. The van der Waals surface area contributed by atoms with E-state index in [9.17, 15) is 9.59 Å². The summed E-state index contributed by atoms with van der Waals surface area (Å²) >= 11 is 0. The van der Waals surface area contributed by atoms with E-state index in [4.69, 9.17) is 24.9 Å². The maximum absolute atomic E-state index is 12.0. The molecule has 1 N–H and O–H groups in total. The summed E-state index contributed by atoms with van der Waals surface area (Å²) in [6.07, 6.45) is 0. The van der Waals surface area contributed by atoms with Crippen molar-refractivity contribution in [3.63, 3.8) is 0 Å². The highest BCUT2D eigenvalue weighted by atomic mass is 16.5. The highest BCUT2D eigenvalue weighted by molar-refractivity contribution is 6.06. The summed E-state index contributed by atoms with van der Waals surface area (Å²) in [5.74, 6) is -1.63. The number of hydrogen-bond donors (Lipinski definition) is 1. The Morgan fingerprint density at radius 3 is 2.38 bits per heavy atom. The third-order valence-electron chi connectivity index (χ3n) is 3.01. The van der Waals surface area contributed by atoms with Gasteiger partial charge < -0.3 is 19.6 Å². The van der Waals surface area contributed by atoms with Crippen LogP contribution in [0.25, 0.3) is 0 Å². The molecule has 0 radical (unpaired) electrons. The predicted octanol–water partition coefficient (Wildman–Crippen LogP) is 2.39. The van der Waals surface area contributed by atoms with E-state index in [2.05, 4.69) is 0 Å². The molecule has 1 aromatic rings. The van der Waals surface area contributed by atoms with Crippen LogP contribution in [0.5, 0.6) is 11.5 Å². The van der Waals surface area contributed by atoms with Crippen molar-refractivity contribution < 1.29 is 23.8 Å². The number of benzene rings is 1. The Morgan fingerprint density at radius 1 is 1.21 bits per heavy atom. The van der Waals surface area contributed by atoms with Gasteiger partial charge in [-0.15, -0.1) is 0 Å². The van der Waals surface area contributed by atoms with Gasteiger partial charge in [-0.1, -0.05) is 0 Å². The van der Waals surface area contributed by atoms with Crippen LogP contribution in [0, 0.1) is 22.7 Å². The normalized spacial score (nSPS) is 11.1. The van der Waals surface area contributed by atoms with Crippen LogP contribution in [-0.4, -0.2) is 37.3 Å². The fourth-order valence-electron chi connectivity index (χ4n) is 1.89. The Morgan fingerprint density at radius 2 is 1.83 bits per heavy atom. The van der Waals surface area contributed by atoms with E-state index in [0.29, 0.717) is 24.7 Å². The van der Waals surface area contributed by atoms with Crippen molar-refractivity contribution in [2.75, 3.05) is 19.8 Å². The van der Waals surface area contributed by atoms with Crippen molar-refractivity contribution in [1.82, 2.24) is 0 Å². The lowest BCUT2D eigenvalue weighted by Crippen LogP contribution is -2.25. The van der Waals surface area contributed by atoms with Crippen LogP contribution in [0.4, 0.5) is 0 Å². The SMILES string of the molecule is CCOc1ccc(C(=O)OCC(=O)[C@@H](C#N)C(C)=N)cc1OCC. The largest absolute Gasteiger partial charge is 0.490 e. The van der Waals surface area contributed by atoms with Gasteiger partial charge in [0, 0.05) is 5.71 Å². The minimum atomic E-state index is -1.20. The van der Waals surface area contributed by atoms with E-state index in [-0.39, 0.29) is 11.3 Å². The average Bonchev–Trinajstić information content (AvgIpc) is 2.55. The molecule has 0 unspecified atom stereocenters. The first-order valence-corrected chi connectivity index (χ1v) is 7.48. The molecule has 7 heteroatoms. The Bertz CT molecular complexity index is 663. The minimum Gasteiger partial charge on any atom is -0.490 e. The summed E-state index contributed by atoms with van der Waals surface area (Å²) in [5.41, 5.74) is 0.119. The number of esters is 1. The molecule has 0 aliphatic heterocycles. The fraction of sp³-hybridized carbons (Fsp3) is 0.412. The first-order chi connectivity index (χ1) is 11.4. The van der Waals surface area contributed by atoms with Gasteiger partial charge in [-0.2, -0.15) is 5.26 Å². The van der Waals surface area contributed by atoms with Crippen molar-refractivity contribution in [2.45, 2.75) is 20.8 Å². The van der Waals surface area contributed by atoms with Crippen LogP contribution in [0.15, 0.2) is 18.2 Å². The van der Waals surface area contributed by atoms with Crippen LogP contribution in [0.2, 0.25) is 0 Å². The number of carbonyl (C=O) groups is 2. The molecule has 0 amide bonds. The zero-order chi connectivity index (χ0) is 18.1. The van der Waals surface area contributed by atoms with Gasteiger partial charge in [0.2, 0.25) is 0 Å². The van der Waals surface area contributed by atoms with Crippen molar-refractivity contribution in [3.05, 3.63) is 23.8 Å². The van der Waals surface area contributed by atoms with E-state index in [1.54, 1.807) is 19.1 Å². The number of rotatable bonds is 9. The number of ether oxygens (including phenoxy) is 3. The number of ketones is 1. The lowest BCUT2D eigenvalue weighted by Gasteiger charge is -2.12. The highest BCUT2D eigenvalue weighted by Gasteiger charge is 2.22. The molecule has 1 atom stereocenters. The summed E-state index contributed by atoms with van der Waals surface area (Å²) in [4.78, 5) is 23.8.